The van der Waals surface area contributed by atoms with Crippen molar-refractivity contribution in [3.8, 4) is 11.5 Å². The normalized spacial score (nSPS) is 21.6. The Labute approximate surface area is 170 Å². The van der Waals surface area contributed by atoms with Crippen molar-refractivity contribution in [1.29, 1.82) is 0 Å². The lowest BCUT2D eigenvalue weighted by atomic mass is 9.93. The van der Waals surface area contributed by atoms with Gasteiger partial charge in [0.2, 0.25) is 0 Å². The molecule has 3 rings (SSSR count). The standard InChI is InChI=1S/C20H31N3O6/c1-21-15-10-16(19-18(11-15)28-8-9-29-19)20(26)22-12-14-2-3-23(13-17(14)25)4-6-27-7-5-24/h10-11,14,17,21,24-25H,2-9,12-13H2,1H3,(H,22,26)/t14-,17+/m0/s1. The highest BCUT2D eigenvalue weighted by atomic mass is 16.6. The van der Waals surface area contributed by atoms with Gasteiger partial charge in [-0.2, -0.15) is 0 Å². The molecule has 0 aromatic heterocycles. The summed E-state index contributed by atoms with van der Waals surface area (Å²) in [5, 5.41) is 25.2. The predicted octanol–water partition coefficient (Wildman–Crippen LogP) is -0.0790. The number of aliphatic hydroxyl groups excluding tert-OH is 2. The van der Waals surface area contributed by atoms with Crippen LogP contribution in [0.5, 0.6) is 11.5 Å². The summed E-state index contributed by atoms with van der Waals surface area (Å²) in [6.45, 7) is 4.24. The van der Waals surface area contributed by atoms with E-state index >= 15 is 0 Å². The van der Waals surface area contributed by atoms with Gasteiger partial charge < -0.3 is 35.1 Å². The number of likely N-dealkylation sites (tertiary alicyclic amines) is 1. The number of aliphatic hydroxyl groups is 2. The summed E-state index contributed by atoms with van der Waals surface area (Å²) >= 11 is 0. The zero-order valence-corrected chi connectivity index (χ0v) is 16.9. The smallest absolute Gasteiger partial charge is 0.255 e. The van der Waals surface area contributed by atoms with Crippen LogP contribution in [0.2, 0.25) is 0 Å². The van der Waals surface area contributed by atoms with Crippen molar-refractivity contribution in [3.63, 3.8) is 0 Å². The highest BCUT2D eigenvalue weighted by molar-refractivity contribution is 5.99. The summed E-state index contributed by atoms with van der Waals surface area (Å²) in [6.07, 6.45) is 0.273. The highest BCUT2D eigenvalue weighted by Crippen LogP contribution is 2.37. The van der Waals surface area contributed by atoms with Crippen LogP contribution in [0, 0.1) is 5.92 Å². The van der Waals surface area contributed by atoms with E-state index in [1.807, 2.05) is 6.07 Å². The Morgan fingerprint density at radius 2 is 2.14 bits per heavy atom. The van der Waals surface area contributed by atoms with E-state index in [1.54, 1.807) is 13.1 Å². The lowest BCUT2D eigenvalue weighted by Crippen LogP contribution is -2.48. The van der Waals surface area contributed by atoms with Crippen LogP contribution in [0.15, 0.2) is 12.1 Å². The minimum Gasteiger partial charge on any atom is -0.486 e. The van der Waals surface area contributed by atoms with Crippen LogP contribution in [-0.2, 0) is 4.74 Å². The number of fused-ring (bicyclic) bond motifs is 1. The molecule has 1 aromatic rings. The second kappa shape index (κ2) is 10.6. The summed E-state index contributed by atoms with van der Waals surface area (Å²) in [5.41, 5.74) is 1.20. The van der Waals surface area contributed by atoms with Crippen molar-refractivity contribution in [2.24, 2.45) is 5.92 Å². The van der Waals surface area contributed by atoms with Crippen LogP contribution >= 0.6 is 0 Å². The fourth-order valence-electron chi connectivity index (χ4n) is 3.63. The van der Waals surface area contributed by atoms with Gasteiger partial charge in [0.05, 0.1) is 31.5 Å². The maximum atomic E-state index is 12.8. The third-order valence-electron chi connectivity index (χ3n) is 5.29. The Balaban J connectivity index is 1.52. The number of ether oxygens (including phenoxy) is 3. The molecular formula is C20H31N3O6. The van der Waals surface area contributed by atoms with Crippen LogP contribution in [-0.4, -0.2) is 93.4 Å². The molecule has 29 heavy (non-hydrogen) atoms. The molecule has 0 spiro atoms. The summed E-state index contributed by atoms with van der Waals surface area (Å²) in [6, 6.07) is 3.56. The lowest BCUT2D eigenvalue weighted by molar-refractivity contribution is 0.00567. The molecular weight excluding hydrogens is 378 g/mol. The SMILES string of the molecule is CNc1cc2c(c(C(=O)NC[C@@H]3CCN(CCOCCO)C[C@H]3O)c1)OCCO2. The first-order valence-electron chi connectivity index (χ1n) is 10.1. The van der Waals surface area contributed by atoms with E-state index in [9.17, 15) is 9.90 Å². The molecule has 1 fully saturated rings. The topological polar surface area (TPSA) is 113 Å². The molecule has 2 aliphatic rings. The van der Waals surface area contributed by atoms with E-state index in [0.717, 1.165) is 25.2 Å². The van der Waals surface area contributed by atoms with Gasteiger partial charge in [0.25, 0.3) is 5.91 Å². The van der Waals surface area contributed by atoms with Gasteiger partial charge in [-0.05, 0) is 19.0 Å². The number of hydrogen-bond acceptors (Lipinski definition) is 8. The Hall–Kier alpha value is -2.07. The average molecular weight is 409 g/mol. The third kappa shape index (κ3) is 5.72. The molecule has 9 heteroatoms. The molecule has 0 bridgehead atoms. The van der Waals surface area contributed by atoms with Gasteiger partial charge in [-0.15, -0.1) is 0 Å². The number of nitrogens with one attached hydrogen (secondary N) is 2. The number of β-amino-alcohol motifs (C(OH)–C–C–N with tert-alkyl or cyclic N) is 1. The minimum absolute atomic E-state index is 0.00552. The van der Waals surface area contributed by atoms with Gasteiger partial charge in [0.15, 0.2) is 11.5 Å². The van der Waals surface area contributed by atoms with E-state index in [0.29, 0.717) is 56.6 Å². The number of carbonyl (C=O) groups is 1. The Bertz CT molecular complexity index is 686. The molecule has 0 aliphatic carbocycles. The number of anilines is 1. The number of hydrogen-bond donors (Lipinski definition) is 4. The van der Waals surface area contributed by atoms with Crippen LogP contribution in [0.1, 0.15) is 16.8 Å². The molecule has 2 heterocycles. The van der Waals surface area contributed by atoms with Crippen molar-refractivity contribution < 1.29 is 29.2 Å². The molecule has 2 atom stereocenters. The first-order chi connectivity index (χ1) is 14.1. The van der Waals surface area contributed by atoms with E-state index in [-0.39, 0.29) is 18.4 Å². The quantitative estimate of drug-likeness (QED) is 0.419. The average Bonchev–Trinajstić information content (AvgIpc) is 2.75. The van der Waals surface area contributed by atoms with Crippen LogP contribution in [0.3, 0.4) is 0 Å². The summed E-state index contributed by atoms with van der Waals surface area (Å²) in [4.78, 5) is 14.9. The monoisotopic (exact) mass is 409 g/mol. The Morgan fingerprint density at radius 3 is 2.90 bits per heavy atom. The van der Waals surface area contributed by atoms with E-state index < -0.39 is 6.10 Å². The van der Waals surface area contributed by atoms with Gasteiger partial charge in [-0.25, -0.2) is 0 Å². The largest absolute Gasteiger partial charge is 0.486 e. The Kier molecular flexibility index (Phi) is 7.93. The number of nitrogens with zero attached hydrogens (tertiary/aromatic N) is 1. The molecule has 0 saturated carbocycles. The number of rotatable bonds is 9. The van der Waals surface area contributed by atoms with Gasteiger partial charge in [0, 0.05) is 44.4 Å². The number of piperidine rings is 1. The first kappa shape index (κ1) is 21.6. The molecule has 1 saturated heterocycles. The van der Waals surface area contributed by atoms with Crippen molar-refractivity contribution in [3.05, 3.63) is 17.7 Å². The molecule has 4 N–H and O–H groups in total. The second-order valence-corrected chi connectivity index (χ2v) is 7.26. The Morgan fingerprint density at radius 1 is 1.31 bits per heavy atom. The molecule has 1 amide bonds. The van der Waals surface area contributed by atoms with Gasteiger partial charge >= 0.3 is 0 Å². The third-order valence-corrected chi connectivity index (χ3v) is 5.29. The number of benzene rings is 1. The molecule has 162 valence electrons. The zero-order valence-electron chi connectivity index (χ0n) is 16.9. The fraction of sp³-hybridized carbons (Fsp3) is 0.650. The van der Waals surface area contributed by atoms with Crippen molar-refractivity contribution >= 4 is 11.6 Å². The van der Waals surface area contributed by atoms with Gasteiger partial charge in [-0.3, -0.25) is 9.69 Å². The maximum absolute atomic E-state index is 12.8. The van der Waals surface area contributed by atoms with E-state index in [1.165, 1.54) is 0 Å². The summed E-state index contributed by atoms with van der Waals surface area (Å²) in [7, 11) is 1.78. The van der Waals surface area contributed by atoms with Crippen molar-refractivity contribution in [2.45, 2.75) is 12.5 Å². The number of carbonyl (C=O) groups excluding carboxylic acids is 1. The molecule has 2 aliphatic heterocycles. The fourth-order valence-corrected chi connectivity index (χ4v) is 3.63. The van der Waals surface area contributed by atoms with E-state index in [4.69, 9.17) is 19.3 Å². The van der Waals surface area contributed by atoms with Crippen molar-refractivity contribution in [2.75, 3.05) is 71.6 Å². The highest BCUT2D eigenvalue weighted by Gasteiger charge is 2.29. The molecule has 9 nitrogen and oxygen atoms in total. The molecule has 0 unspecified atom stereocenters. The zero-order chi connectivity index (χ0) is 20.6. The van der Waals surface area contributed by atoms with Gasteiger partial charge in [-0.1, -0.05) is 0 Å². The second-order valence-electron chi connectivity index (χ2n) is 7.26. The van der Waals surface area contributed by atoms with Crippen LogP contribution < -0.4 is 20.1 Å². The predicted molar refractivity (Wildman–Crippen MR) is 108 cm³/mol. The first-order valence-corrected chi connectivity index (χ1v) is 10.1. The van der Waals surface area contributed by atoms with Crippen LogP contribution in [0.25, 0.3) is 0 Å². The van der Waals surface area contributed by atoms with Crippen molar-refractivity contribution in [1.82, 2.24) is 10.2 Å². The maximum Gasteiger partial charge on any atom is 0.255 e. The van der Waals surface area contributed by atoms with E-state index in [2.05, 4.69) is 15.5 Å². The molecule has 0 radical (unpaired) electrons. The number of amides is 1. The lowest BCUT2D eigenvalue weighted by Gasteiger charge is -2.36. The van der Waals surface area contributed by atoms with Crippen LogP contribution in [0.4, 0.5) is 5.69 Å². The minimum atomic E-state index is -0.515. The summed E-state index contributed by atoms with van der Waals surface area (Å²) < 4.78 is 16.6. The summed E-state index contributed by atoms with van der Waals surface area (Å²) in [5.74, 6) is 0.779. The molecule has 1 aromatic carbocycles. The van der Waals surface area contributed by atoms with Gasteiger partial charge in [0.1, 0.15) is 13.2 Å².